The Hall–Kier alpha value is -1.55. The number of halogens is 1. The summed E-state index contributed by atoms with van der Waals surface area (Å²) >= 11 is 5.85. The minimum Gasteiger partial charge on any atom is -0.480 e. The van der Waals surface area contributed by atoms with Crippen molar-refractivity contribution < 1.29 is 14.3 Å². The number of carbonyl (C=O) groups is 2. The molecular formula is C14H16ClNO3. The molecule has 1 unspecified atom stereocenters. The lowest BCUT2D eigenvalue weighted by atomic mass is 10.1. The number of ketones is 1. The molecule has 2 rings (SSSR count). The summed E-state index contributed by atoms with van der Waals surface area (Å²) in [7, 11) is 0. The van der Waals surface area contributed by atoms with Gasteiger partial charge in [0.2, 0.25) is 0 Å². The Kier molecular flexibility index (Phi) is 4.10. The number of hydrogen-bond donors (Lipinski definition) is 1. The molecule has 0 bridgehead atoms. The van der Waals surface area contributed by atoms with Crippen LogP contribution in [0.1, 0.15) is 37.0 Å². The first kappa shape index (κ1) is 13.9. The van der Waals surface area contributed by atoms with E-state index < -0.39 is 6.10 Å². The first-order valence-electron chi connectivity index (χ1n) is 6.25. The highest BCUT2D eigenvalue weighted by molar-refractivity contribution is 6.31. The van der Waals surface area contributed by atoms with Gasteiger partial charge in [-0.25, -0.2) is 0 Å². The lowest BCUT2D eigenvalue weighted by Gasteiger charge is -2.16. The zero-order chi connectivity index (χ0) is 14.0. The van der Waals surface area contributed by atoms with Crippen LogP contribution in [-0.2, 0) is 4.79 Å². The molecule has 0 saturated heterocycles. The molecule has 1 atom stereocenters. The Balaban J connectivity index is 2.08. The van der Waals surface area contributed by atoms with Gasteiger partial charge in [-0.15, -0.1) is 0 Å². The standard InChI is InChI=1S/C14H16ClNO3/c1-8(17)12-7-10(15)3-6-13(12)19-9(2)14(18)16-11-4-5-11/h3,6-7,9,11H,4-5H2,1-2H3,(H,16,18). The molecule has 0 spiro atoms. The van der Waals surface area contributed by atoms with Crippen LogP contribution in [0.25, 0.3) is 0 Å². The van der Waals surface area contributed by atoms with Crippen LogP contribution in [0.4, 0.5) is 0 Å². The molecule has 1 fully saturated rings. The molecule has 4 nitrogen and oxygen atoms in total. The van der Waals surface area contributed by atoms with E-state index in [0.717, 1.165) is 12.8 Å². The molecule has 0 radical (unpaired) electrons. The molecular weight excluding hydrogens is 266 g/mol. The van der Waals surface area contributed by atoms with Gasteiger partial charge in [-0.2, -0.15) is 0 Å². The predicted molar refractivity (Wildman–Crippen MR) is 72.7 cm³/mol. The second-order valence-electron chi connectivity index (χ2n) is 4.74. The van der Waals surface area contributed by atoms with Crippen molar-refractivity contribution in [2.24, 2.45) is 0 Å². The van der Waals surface area contributed by atoms with Crippen molar-refractivity contribution in [3.63, 3.8) is 0 Å². The van der Waals surface area contributed by atoms with Crippen molar-refractivity contribution in [2.45, 2.75) is 38.8 Å². The van der Waals surface area contributed by atoms with Gasteiger partial charge in [-0.3, -0.25) is 9.59 Å². The molecule has 1 N–H and O–H groups in total. The van der Waals surface area contributed by atoms with E-state index in [2.05, 4.69) is 5.32 Å². The van der Waals surface area contributed by atoms with E-state index in [1.54, 1.807) is 25.1 Å². The molecule has 1 aromatic carbocycles. The smallest absolute Gasteiger partial charge is 0.260 e. The van der Waals surface area contributed by atoms with Gasteiger partial charge in [0.05, 0.1) is 5.56 Å². The van der Waals surface area contributed by atoms with Gasteiger partial charge >= 0.3 is 0 Å². The van der Waals surface area contributed by atoms with Gasteiger partial charge in [0, 0.05) is 11.1 Å². The number of nitrogens with one attached hydrogen (secondary N) is 1. The SMILES string of the molecule is CC(=O)c1cc(Cl)ccc1OC(C)C(=O)NC1CC1. The lowest BCUT2D eigenvalue weighted by Crippen LogP contribution is -2.37. The van der Waals surface area contributed by atoms with Crippen molar-refractivity contribution >= 4 is 23.3 Å². The Morgan fingerprint density at radius 3 is 2.68 bits per heavy atom. The van der Waals surface area contributed by atoms with E-state index in [1.165, 1.54) is 6.92 Å². The molecule has 0 aromatic heterocycles. The molecule has 102 valence electrons. The summed E-state index contributed by atoms with van der Waals surface area (Å²) < 4.78 is 5.56. The lowest BCUT2D eigenvalue weighted by molar-refractivity contribution is -0.127. The summed E-state index contributed by atoms with van der Waals surface area (Å²) in [4.78, 5) is 23.3. The maximum Gasteiger partial charge on any atom is 0.260 e. The van der Waals surface area contributed by atoms with E-state index in [-0.39, 0.29) is 17.7 Å². The molecule has 0 heterocycles. The number of amides is 1. The topological polar surface area (TPSA) is 55.4 Å². The largest absolute Gasteiger partial charge is 0.480 e. The first-order valence-corrected chi connectivity index (χ1v) is 6.62. The highest BCUT2D eigenvalue weighted by atomic mass is 35.5. The average Bonchev–Trinajstić information content (AvgIpc) is 3.14. The van der Waals surface area contributed by atoms with Crippen LogP contribution in [0.15, 0.2) is 18.2 Å². The first-order chi connectivity index (χ1) is 8.97. The summed E-state index contributed by atoms with van der Waals surface area (Å²) in [6.45, 7) is 3.10. The van der Waals surface area contributed by atoms with Crippen LogP contribution in [0, 0.1) is 0 Å². The maximum absolute atomic E-state index is 11.8. The van der Waals surface area contributed by atoms with Crippen LogP contribution in [0.3, 0.4) is 0 Å². The Labute approximate surface area is 117 Å². The van der Waals surface area contributed by atoms with E-state index in [1.807, 2.05) is 0 Å². The van der Waals surface area contributed by atoms with E-state index in [4.69, 9.17) is 16.3 Å². The van der Waals surface area contributed by atoms with Gasteiger partial charge < -0.3 is 10.1 Å². The number of ether oxygens (including phenoxy) is 1. The van der Waals surface area contributed by atoms with E-state index in [0.29, 0.717) is 16.3 Å². The van der Waals surface area contributed by atoms with E-state index in [9.17, 15) is 9.59 Å². The third kappa shape index (κ3) is 3.70. The third-order valence-corrected chi connectivity index (χ3v) is 3.15. The third-order valence-electron chi connectivity index (χ3n) is 2.92. The van der Waals surface area contributed by atoms with Crippen molar-refractivity contribution in [2.75, 3.05) is 0 Å². The van der Waals surface area contributed by atoms with Crippen LogP contribution in [0.2, 0.25) is 5.02 Å². The van der Waals surface area contributed by atoms with Gasteiger partial charge in [0.1, 0.15) is 5.75 Å². The van der Waals surface area contributed by atoms with Crippen molar-refractivity contribution in [3.8, 4) is 5.75 Å². The molecule has 1 saturated carbocycles. The summed E-state index contributed by atoms with van der Waals surface area (Å²) in [6, 6.07) is 5.08. The molecule has 5 heteroatoms. The minimum atomic E-state index is -0.639. The highest BCUT2D eigenvalue weighted by Crippen LogP contribution is 2.25. The van der Waals surface area contributed by atoms with Crippen LogP contribution in [0.5, 0.6) is 5.75 Å². The van der Waals surface area contributed by atoms with E-state index >= 15 is 0 Å². The zero-order valence-corrected chi connectivity index (χ0v) is 11.7. The van der Waals surface area contributed by atoms with Gasteiger partial charge in [0.15, 0.2) is 11.9 Å². The second kappa shape index (κ2) is 5.61. The van der Waals surface area contributed by atoms with Crippen LogP contribution in [-0.4, -0.2) is 23.8 Å². The number of rotatable bonds is 5. The summed E-state index contributed by atoms with van der Waals surface area (Å²) in [5, 5.41) is 3.32. The quantitative estimate of drug-likeness (QED) is 0.844. The molecule has 1 aliphatic rings. The molecule has 1 amide bonds. The van der Waals surface area contributed by atoms with Gasteiger partial charge in [-0.1, -0.05) is 11.6 Å². The van der Waals surface area contributed by atoms with Crippen molar-refractivity contribution in [3.05, 3.63) is 28.8 Å². The van der Waals surface area contributed by atoms with Gasteiger partial charge in [0.25, 0.3) is 5.91 Å². The summed E-state index contributed by atoms with van der Waals surface area (Å²) in [5.74, 6) is 0.0783. The number of hydrogen-bond acceptors (Lipinski definition) is 3. The zero-order valence-electron chi connectivity index (χ0n) is 10.9. The predicted octanol–water partition coefficient (Wildman–Crippen LogP) is 2.59. The van der Waals surface area contributed by atoms with Crippen molar-refractivity contribution in [1.29, 1.82) is 0 Å². The fraction of sp³-hybridized carbons (Fsp3) is 0.429. The highest BCUT2D eigenvalue weighted by Gasteiger charge is 2.26. The summed E-state index contributed by atoms with van der Waals surface area (Å²) in [5.41, 5.74) is 0.388. The summed E-state index contributed by atoms with van der Waals surface area (Å²) in [6.07, 6.45) is 1.41. The Bertz CT molecular complexity index is 511. The Morgan fingerprint density at radius 1 is 1.42 bits per heavy atom. The van der Waals surface area contributed by atoms with Crippen LogP contribution >= 0.6 is 11.6 Å². The normalized spacial score (nSPS) is 15.7. The fourth-order valence-corrected chi connectivity index (χ4v) is 1.84. The monoisotopic (exact) mass is 281 g/mol. The second-order valence-corrected chi connectivity index (χ2v) is 5.18. The minimum absolute atomic E-state index is 0.146. The molecule has 19 heavy (non-hydrogen) atoms. The molecule has 0 aliphatic heterocycles. The number of carbonyl (C=O) groups excluding carboxylic acids is 2. The van der Waals surface area contributed by atoms with Gasteiger partial charge in [-0.05, 0) is 44.9 Å². The number of benzene rings is 1. The average molecular weight is 282 g/mol. The Morgan fingerprint density at radius 2 is 2.11 bits per heavy atom. The fourth-order valence-electron chi connectivity index (χ4n) is 1.67. The maximum atomic E-state index is 11.8. The van der Waals surface area contributed by atoms with Crippen LogP contribution < -0.4 is 10.1 Å². The molecule has 1 aliphatic carbocycles. The molecule has 1 aromatic rings. The number of Topliss-reactive ketones (excluding diaryl/α,β-unsaturated/α-hetero) is 1. The van der Waals surface area contributed by atoms with Crippen molar-refractivity contribution in [1.82, 2.24) is 5.32 Å².